The number of nitrogens with zero attached hydrogens (tertiary/aromatic N) is 6. The van der Waals surface area contributed by atoms with Crippen LogP contribution < -0.4 is 0 Å². The van der Waals surface area contributed by atoms with E-state index in [9.17, 15) is 0 Å². The summed E-state index contributed by atoms with van der Waals surface area (Å²) in [5.74, 6) is 0.697. The van der Waals surface area contributed by atoms with Gasteiger partial charge in [0, 0.05) is 18.1 Å². The highest BCUT2D eigenvalue weighted by Gasteiger charge is 2.22. The molecule has 4 aromatic heterocycles. The largest absolute Gasteiger partial charge is 0.265 e. The normalized spacial score (nSPS) is 14.3. The van der Waals surface area contributed by atoms with Crippen LogP contribution in [-0.2, 0) is 19.9 Å². The Morgan fingerprint density at radius 2 is 2.24 bits per heavy atom. The molecular weight excluding hydrogens is 284 g/mol. The van der Waals surface area contributed by atoms with Crippen LogP contribution in [0.25, 0.3) is 27.4 Å². The van der Waals surface area contributed by atoms with Gasteiger partial charge in [-0.3, -0.25) is 4.68 Å². The van der Waals surface area contributed by atoms with Crippen molar-refractivity contribution >= 4 is 27.2 Å². The highest BCUT2D eigenvalue weighted by atomic mass is 32.1. The van der Waals surface area contributed by atoms with Crippen molar-refractivity contribution in [3.63, 3.8) is 0 Å². The number of hydrogen-bond acceptors (Lipinski definition) is 5. The first-order valence-electron chi connectivity index (χ1n) is 6.95. The van der Waals surface area contributed by atoms with Crippen LogP contribution in [0.4, 0.5) is 0 Å². The summed E-state index contributed by atoms with van der Waals surface area (Å²) in [6.07, 6.45) is 7.06. The minimum atomic E-state index is 0.697. The minimum absolute atomic E-state index is 0.697. The monoisotopic (exact) mass is 296 g/mol. The molecule has 0 saturated heterocycles. The van der Waals surface area contributed by atoms with E-state index < -0.39 is 0 Å². The Hall–Kier alpha value is -2.28. The summed E-state index contributed by atoms with van der Waals surface area (Å²) in [5.41, 5.74) is 3.26. The molecule has 0 unspecified atom stereocenters. The molecule has 0 atom stereocenters. The smallest absolute Gasteiger partial charge is 0.200 e. The molecular formula is C14H12N6S. The van der Waals surface area contributed by atoms with Crippen LogP contribution in [0.2, 0.25) is 0 Å². The van der Waals surface area contributed by atoms with Crippen LogP contribution in [-0.4, -0.2) is 29.4 Å². The van der Waals surface area contributed by atoms with Crippen molar-refractivity contribution in [1.29, 1.82) is 0 Å². The van der Waals surface area contributed by atoms with Crippen LogP contribution in [0.1, 0.15) is 16.9 Å². The lowest BCUT2D eigenvalue weighted by molar-refractivity contribution is 0.768. The van der Waals surface area contributed by atoms with E-state index in [0.29, 0.717) is 5.82 Å². The molecule has 4 heterocycles. The Morgan fingerprint density at radius 1 is 1.29 bits per heavy atom. The third-order valence-electron chi connectivity index (χ3n) is 4.09. The van der Waals surface area contributed by atoms with Gasteiger partial charge in [-0.25, -0.2) is 14.5 Å². The van der Waals surface area contributed by atoms with E-state index in [4.69, 9.17) is 4.98 Å². The third-order valence-corrected chi connectivity index (χ3v) is 5.29. The summed E-state index contributed by atoms with van der Waals surface area (Å²) in [6, 6.07) is 1.93. The molecule has 0 saturated carbocycles. The molecule has 4 aromatic rings. The maximum absolute atomic E-state index is 4.75. The van der Waals surface area contributed by atoms with E-state index in [1.165, 1.54) is 28.7 Å². The van der Waals surface area contributed by atoms with Crippen LogP contribution in [0.5, 0.6) is 0 Å². The topological polar surface area (TPSA) is 60.9 Å². The van der Waals surface area contributed by atoms with Crippen molar-refractivity contribution in [2.75, 3.05) is 0 Å². The second kappa shape index (κ2) is 3.88. The molecule has 0 N–H and O–H groups in total. The first-order chi connectivity index (χ1) is 10.3. The van der Waals surface area contributed by atoms with Gasteiger partial charge < -0.3 is 0 Å². The van der Waals surface area contributed by atoms with Crippen molar-refractivity contribution in [2.45, 2.75) is 19.3 Å². The average molecular weight is 296 g/mol. The van der Waals surface area contributed by atoms with Gasteiger partial charge >= 0.3 is 0 Å². The van der Waals surface area contributed by atoms with Crippen LogP contribution in [0.15, 0.2) is 18.6 Å². The lowest BCUT2D eigenvalue weighted by Gasteiger charge is -1.95. The third kappa shape index (κ3) is 1.46. The molecule has 1 aliphatic rings. The molecule has 0 spiro atoms. The van der Waals surface area contributed by atoms with Crippen LogP contribution in [0.3, 0.4) is 0 Å². The standard InChI is InChI=1S/C14H12N6S/c1-19-9(5-6-16-19)12-17-13-11-8-3-2-4-10(8)21-14(11)15-7-20(13)18-12/h5-7H,2-4H2,1H3. The molecule has 0 aromatic carbocycles. The lowest BCUT2D eigenvalue weighted by atomic mass is 10.2. The van der Waals surface area contributed by atoms with E-state index in [1.807, 2.05) is 13.1 Å². The zero-order chi connectivity index (χ0) is 14.0. The predicted molar refractivity (Wildman–Crippen MR) is 80.4 cm³/mol. The summed E-state index contributed by atoms with van der Waals surface area (Å²) in [6.45, 7) is 0. The Bertz CT molecular complexity index is 992. The van der Waals surface area contributed by atoms with Gasteiger partial charge in [0.05, 0.1) is 5.39 Å². The van der Waals surface area contributed by atoms with Gasteiger partial charge in [-0.1, -0.05) is 0 Å². The zero-order valence-corrected chi connectivity index (χ0v) is 12.3. The summed E-state index contributed by atoms with van der Waals surface area (Å²) >= 11 is 1.80. The summed E-state index contributed by atoms with van der Waals surface area (Å²) in [7, 11) is 1.90. The van der Waals surface area contributed by atoms with E-state index in [1.54, 1.807) is 33.1 Å². The molecule has 0 radical (unpaired) electrons. The zero-order valence-electron chi connectivity index (χ0n) is 11.4. The lowest BCUT2D eigenvalue weighted by Crippen LogP contribution is -1.95. The quantitative estimate of drug-likeness (QED) is 0.540. The Balaban J connectivity index is 1.86. The van der Waals surface area contributed by atoms with Gasteiger partial charge in [-0.15, -0.1) is 16.4 Å². The van der Waals surface area contributed by atoms with Gasteiger partial charge in [0.15, 0.2) is 11.5 Å². The van der Waals surface area contributed by atoms with Gasteiger partial charge in [0.1, 0.15) is 16.9 Å². The molecule has 0 amide bonds. The molecule has 1 aliphatic carbocycles. The van der Waals surface area contributed by atoms with Crippen molar-refractivity contribution < 1.29 is 0 Å². The maximum atomic E-state index is 4.75. The summed E-state index contributed by atoms with van der Waals surface area (Å²) < 4.78 is 3.58. The fourth-order valence-electron chi connectivity index (χ4n) is 3.09. The van der Waals surface area contributed by atoms with Crippen LogP contribution in [0, 0.1) is 0 Å². The van der Waals surface area contributed by atoms with Gasteiger partial charge in [-0.05, 0) is 30.9 Å². The van der Waals surface area contributed by atoms with Gasteiger partial charge in [-0.2, -0.15) is 5.10 Å². The van der Waals surface area contributed by atoms with Crippen molar-refractivity contribution in [1.82, 2.24) is 29.4 Å². The van der Waals surface area contributed by atoms with Gasteiger partial charge in [0.2, 0.25) is 0 Å². The number of rotatable bonds is 1. The van der Waals surface area contributed by atoms with E-state index >= 15 is 0 Å². The van der Waals surface area contributed by atoms with Crippen LogP contribution >= 0.6 is 11.3 Å². The summed E-state index contributed by atoms with van der Waals surface area (Å²) in [5, 5.41) is 9.94. The molecule has 7 heteroatoms. The van der Waals surface area contributed by atoms with Gasteiger partial charge in [0.25, 0.3) is 0 Å². The first-order valence-corrected chi connectivity index (χ1v) is 7.77. The van der Waals surface area contributed by atoms with Crippen molar-refractivity contribution in [2.24, 2.45) is 7.05 Å². The fourth-order valence-corrected chi connectivity index (χ4v) is 4.32. The van der Waals surface area contributed by atoms with E-state index in [2.05, 4.69) is 15.2 Å². The second-order valence-corrected chi connectivity index (χ2v) is 6.41. The van der Waals surface area contributed by atoms with Crippen molar-refractivity contribution in [3.8, 4) is 11.5 Å². The molecule has 21 heavy (non-hydrogen) atoms. The molecule has 0 aliphatic heterocycles. The summed E-state index contributed by atoms with van der Waals surface area (Å²) in [4.78, 5) is 11.8. The fraction of sp³-hybridized carbons (Fsp3) is 0.286. The molecule has 0 bridgehead atoms. The number of fused-ring (bicyclic) bond motifs is 5. The Labute approximate surface area is 124 Å². The Morgan fingerprint density at radius 3 is 3.10 bits per heavy atom. The number of aryl methyl sites for hydroxylation is 3. The van der Waals surface area contributed by atoms with E-state index in [0.717, 1.165) is 22.6 Å². The minimum Gasteiger partial charge on any atom is -0.265 e. The maximum Gasteiger partial charge on any atom is 0.200 e. The highest BCUT2D eigenvalue weighted by molar-refractivity contribution is 7.19. The SMILES string of the molecule is Cn1nccc1-c1nc2c3c4c(sc3ncn2n1)CCC4. The average Bonchev–Trinajstić information content (AvgIpc) is 3.17. The highest BCUT2D eigenvalue weighted by Crippen LogP contribution is 2.38. The number of thiophene rings is 1. The first kappa shape index (κ1) is 11.4. The molecule has 5 rings (SSSR count). The number of hydrogen-bond donors (Lipinski definition) is 0. The Kier molecular flexibility index (Phi) is 2.11. The van der Waals surface area contributed by atoms with E-state index in [-0.39, 0.29) is 0 Å². The second-order valence-electron chi connectivity index (χ2n) is 5.33. The predicted octanol–water partition coefficient (Wildman–Crippen LogP) is 2.23. The molecule has 104 valence electrons. The molecule has 6 nitrogen and oxygen atoms in total. The van der Waals surface area contributed by atoms with Crippen molar-refractivity contribution in [3.05, 3.63) is 29.0 Å². The molecule has 0 fully saturated rings. The number of aromatic nitrogens is 6.